The first-order chi connectivity index (χ1) is 12.1. The lowest BCUT2D eigenvalue weighted by molar-refractivity contribution is -0.135. The molecule has 0 aromatic heterocycles. The van der Waals surface area contributed by atoms with Gasteiger partial charge < -0.3 is 19.9 Å². The summed E-state index contributed by atoms with van der Waals surface area (Å²) in [5.41, 5.74) is 0.485. The molecule has 7 heteroatoms. The topological polar surface area (TPSA) is 61.9 Å². The van der Waals surface area contributed by atoms with Gasteiger partial charge >= 0.3 is 6.03 Å². The van der Waals surface area contributed by atoms with Crippen LogP contribution in [0.1, 0.15) is 25.7 Å². The predicted octanol–water partition coefficient (Wildman–Crippen LogP) is 2.70. The van der Waals surface area contributed by atoms with E-state index in [0.29, 0.717) is 31.6 Å². The number of piperidine rings is 1. The zero-order valence-electron chi connectivity index (χ0n) is 14.5. The summed E-state index contributed by atoms with van der Waals surface area (Å²) in [5, 5.41) is 2.76. The molecule has 2 aliphatic heterocycles. The van der Waals surface area contributed by atoms with Crippen molar-refractivity contribution in [3.8, 4) is 5.75 Å². The SMILES string of the molecule is COc1cc(NC(=O)N2CCC(C(=O)N3CCCC3)CC2)ccc1F. The van der Waals surface area contributed by atoms with Gasteiger partial charge in [-0.3, -0.25) is 4.79 Å². The highest BCUT2D eigenvalue weighted by molar-refractivity contribution is 5.90. The van der Waals surface area contributed by atoms with Crippen LogP contribution >= 0.6 is 0 Å². The Bertz CT molecular complexity index is 638. The maximum atomic E-state index is 13.4. The van der Waals surface area contributed by atoms with Crippen LogP contribution < -0.4 is 10.1 Å². The quantitative estimate of drug-likeness (QED) is 0.913. The van der Waals surface area contributed by atoms with Gasteiger partial charge in [-0.15, -0.1) is 0 Å². The average molecular weight is 349 g/mol. The Kier molecular flexibility index (Phi) is 5.40. The normalized spacial score (nSPS) is 18.3. The largest absolute Gasteiger partial charge is 0.494 e. The number of carbonyl (C=O) groups is 2. The summed E-state index contributed by atoms with van der Waals surface area (Å²) in [6, 6.07) is 3.98. The lowest BCUT2D eigenvalue weighted by Gasteiger charge is -2.33. The number of nitrogens with one attached hydrogen (secondary N) is 1. The monoisotopic (exact) mass is 349 g/mol. The highest BCUT2D eigenvalue weighted by Crippen LogP contribution is 2.24. The van der Waals surface area contributed by atoms with Crippen molar-refractivity contribution in [3.05, 3.63) is 24.0 Å². The van der Waals surface area contributed by atoms with Crippen LogP contribution in [-0.4, -0.2) is 55.0 Å². The highest BCUT2D eigenvalue weighted by atomic mass is 19.1. The molecular weight excluding hydrogens is 325 g/mol. The minimum atomic E-state index is -0.471. The van der Waals surface area contributed by atoms with Crippen LogP contribution in [0.3, 0.4) is 0 Å². The number of carbonyl (C=O) groups excluding carboxylic acids is 2. The summed E-state index contributed by atoms with van der Waals surface area (Å²) >= 11 is 0. The van der Waals surface area contributed by atoms with Crippen LogP contribution in [-0.2, 0) is 4.79 Å². The van der Waals surface area contributed by atoms with Gasteiger partial charge in [0, 0.05) is 43.9 Å². The van der Waals surface area contributed by atoms with E-state index >= 15 is 0 Å². The Hall–Kier alpha value is -2.31. The Morgan fingerprint density at radius 3 is 2.44 bits per heavy atom. The number of hydrogen-bond donors (Lipinski definition) is 1. The van der Waals surface area contributed by atoms with E-state index in [1.54, 1.807) is 4.90 Å². The summed E-state index contributed by atoms with van der Waals surface area (Å²) < 4.78 is 18.3. The van der Waals surface area contributed by atoms with E-state index in [1.165, 1.54) is 25.3 Å². The van der Waals surface area contributed by atoms with Crippen molar-refractivity contribution in [2.24, 2.45) is 5.92 Å². The summed E-state index contributed by atoms with van der Waals surface area (Å²) in [7, 11) is 1.38. The van der Waals surface area contributed by atoms with Gasteiger partial charge in [0.15, 0.2) is 11.6 Å². The van der Waals surface area contributed by atoms with Crippen molar-refractivity contribution in [1.29, 1.82) is 0 Å². The van der Waals surface area contributed by atoms with E-state index in [4.69, 9.17) is 4.74 Å². The fourth-order valence-corrected chi connectivity index (χ4v) is 3.47. The van der Waals surface area contributed by atoms with Crippen LogP contribution in [0.25, 0.3) is 0 Å². The molecule has 2 heterocycles. The van der Waals surface area contributed by atoms with Gasteiger partial charge in [-0.25, -0.2) is 9.18 Å². The molecule has 1 aromatic carbocycles. The third kappa shape index (κ3) is 4.03. The molecule has 0 spiro atoms. The second-order valence-electron chi connectivity index (χ2n) is 6.57. The molecule has 3 rings (SSSR count). The van der Waals surface area contributed by atoms with Gasteiger partial charge in [-0.2, -0.15) is 0 Å². The number of hydrogen-bond acceptors (Lipinski definition) is 3. The molecule has 136 valence electrons. The molecule has 2 saturated heterocycles. The molecule has 1 N–H and O–H groups in total. The van der Waals surface area contributed by atoms with Gasteiger partial charge in [0.1, 0.15) is 0 Å². The molecule has 3 amide bonds. The summed E-state index contributed by atoms with van der Waals surface area (Å²) in [5.74, 6) is -0.122. The Morgan fingerprint density at radius 2 is 1.80 bits per heavy atom. The van der Waals surface area contributed by atoms with E-state index in [0.717, 1.165) is 25.9 Å². The lowest BCUT2D eigenvalue weighted by Crippen LogP contribution is -2.45. The number of benzene rings is 1. The van der Waals surface area contributed by atoms with Crippen LogP contribution in [0.4, 0.5) is 14.9 Å². The van der Waals surface area contributed by atoms with Gasteiger partial charge in [0.25, 0.3) is 0 Å². The van der Waals surface area contributed by atoms with Gasteiger partial charge in [0.05, 0.1) is 7.11 Å². The molecule has 0 unspecified atom stereocenters. The minimum absolute atomic E-state index is 0.0214. The van der Waals surface area contributed by atoms with E-state index in [9.17, 15) is 14.0 Å². The number of ether oxygens (including phenoxy) is 1. The first kappa shape index (κ1) is 17.5. The van der Waals surface area contributed by atoms with Crippen molar-refractivity contribution in [1.82, 2.24) is 9.80 Å². The molecule has 0 bridgehead atoms. The first-order valence-electron chi connectivity index (χ1n) is 8.76. The van der Waals surface area contributed by atoms with Crippen molar-refractivity contribution in [3.63, 3.8) is 0 Å². The molecule has 0 saturated carbocycles. The van der Waals surface area contributed by atoms with Crippen LogP contribution in [0.5, 0.6) is 5.75 Å². The zero-order chi connectivity index (χ0) is 17.8. The van der Waals surface area contributed by atoms with Gasteiger partial charge in [-0.1, -0.05) is 0 Å². The molecular formula is C18H24FN3O3. The molecule has 25 heavy (non-hydrogen) atoms. The number of nitrogens with zero attached hydrogens (tertiary/aromatic N) is 2. The van der Waals surface area contributed by atoms with E-state index in [2.05, 4.69) is 5.32 Å². The van der Waals surface area contributed by atoms with Gasteiger partial charge in [-0.05, 0) is 37.8 Å². The average Bonchev–Trinajstić information content (AvgIpc) is 3.17. The molecule has 1 aromatic rings. The smallest absolute Gasteiger partial charge is 0.321 e. The van der Waals surface area contributed by atoms with Crippen molar-refractivity contribution in [2.45, 2.75) is 25.7 Å². The van der Waals surface area contributed by atoms with Crippen LogP contribution in [0, 0.1) is 11.7 Å². The number of methoxy groups -OCH3 is 1. The third-order valence-corrected chi connectivity index (χ3v) is 4.95. The molecule has 2 fully saturated rings. The summed E-state index contributed by atoms with van der Waals surface area (Å²) in [4.78, 5) is 28.4. The predicted molar refractivity (Wildman–Crippen MR) is 92.1 cm³/mol. The summed E-state index contributed by atoms with van der Waals surface area (Å²) in [6.07, 6.45) is 3.56. The lowest BCUT2D eigenvalue weighted by atomic mass is 9.95. The number of amides is 3. The number of rotatable bonds is 3. The second-order valence-corrected chi connectivity index (χ2v) is 6.57. The maximum Gasteiger partial charge on any atom is 0.321 e. The van der Waals surface area contributed by atoms with E-state index in [1.807, 2.05) is 4.90 Å². The third-order valence-electron chi connectivity index (χ3n) is 4.95. The maximum absolute atomic E-state index is 13.4. The number of urea groups is 1. The second kappa shape index (κ2) is 7.72. The molecule has 2 aliphatic rings. The fraction of sp³-hybridized carbons (Fsp3) is 0.556. The fourth-order valence-electron chi connectivity index (χ4n) is 3.47. The Labute approximate surface area is 146 Å². The minimum Gasteiger partial charge on any atom is -0.494 e. The number of likely N-dealkylation sites (tertiary alicyclic amines) is 2. The first-order valence-corrected chi connectivity index (χ1v) is 8.76. The molecule has 0 atom stereocenters. The van der Waals surface area contributed by atoms with Gasteiger partial charge in [0.2, 0.25) is 5.91 Å². The summed E-state index contributed by atoms with van der Waals surface area (Å²) in [6.45, 7) is 2.83. The van der Waals surface area contributed by atoms with Crippen molar-refractivity contribution >= 4 is 17.6 Å². The van der Waals surface area contributed by atoms with Crippen LogP contribution in [0.15, 0.2) is 18.2 Å². The molecule has 0 aliphatic carbocycles. The standard InChI is InChI=1S/C18H24FN3O3/c1-25-16-12-14(4-5-15(16)19)20-18(24)22-10-6-13(7-11-22)17(23)21-8-2-3-9-21/h4-5,12-13H,2-3,6-11H2,1H3,(H,20,24). The molecule has 6 nitrogen and oxygen atoms in total. The molecule has 0 radical (unpaired) electrons. The number of halogens is 1. The van der Waals surface area contributed by atoms with Crippen LogP contribution in [0.2, 0.25) is 0 Å². The Morgan fingerprint density at radius 1 is 1.12 bits per heavy atom. The van der Waals surface area contributed by atoms with E-state index < -0.39 is 5.82 Å². The van der Waals surface area contributed by atoms with Crippen molar-refractivity contribution < 1.29 is 18.7 Å². The highest BCUT2D eigenvalue weighted by Gasteiger charge is 2.31. The van der Waals surface area contributed by atoms with Crippen molar-refractivity contribution in [2.75, 3.05) is 38.6 Å². The Balaban J connectivity index is 1.52. The number of anilines is 1. The van der Waals surface area contributed by atoms with E-state index in [-0.39, 0.29) is 23.6 Å². The zero-order valence-corrected chi connectivity index (χ0v) is 14.5.